The molecular formula is C22H27N3O3S2. The summed E-state index contributed by atoms with van der Waals surface area (Å²) < 4.78 is 29.8. The maximum atomic E-state index is 12.8. The average molecular weight is 446 g/mol. The highest BCUT2D eigenvalue weighted by molar-refractivity contribution is 7.89. The van der Waals surface area contributed by atoms with Crippen LogP contribution in [0.4, 0.5) is 0 Å². The molecule has 0 aliphatic heterocycles. The normalized spacial score (nSPS) is 12.8. The fourth-order valence-corrected chi connectivity index (χ4v) is 6.33. The first kappa shape index (κ1) is 22.4. The third kappa shape index (κ3) is 4.12. The van der Waals surface area contributed by atoms with E-state index in [0.717, 1.165) is 15.8 Å². The number of rotatable bonds is 6. The summed E-state index contributed by atoms with van der Waals surface area (Å²) in [5.74, 6) is -0.384. The van der Waals surface area contributed by atoms with Gasteiger partial charge in [0.25, 0.3) is 5.91 Å². The van der Waals surface area contributed by atoms with Crippen LogP contribution in [0.5, 0.6) is 0 Å². The molecule has 0 aliphatic rings. The van der Waals surface area contributed by atoms with Gasteiger partial charge in [-0.15, -0.1) is 0 Å². The minimum absolute atomic E-state index is 0.180. The molecule has 0 bridgehead atoms. The summed E-state index contributed by atoms with van der Waals surface area (Å²) in [5, 5.41) is 0. The van der Waals surface area contributed by atoms with Crippen LogP contribution < -0.4 is 4.80 Å². The highest BCUT2D eigenvalue weighted by Crippen LogP contribution is 2.23. The quantitative estimate of drug-likeness (QED) is 0.573. The Morgan fingerprint density at radius 2 is 1.70 bits per heavy atom. The van der Waals surface area contributed by atoms with Crippen LogP contribution in [0.1, 0.15) is 42.3 Å². The number of thiazole rings is 1. The fourth-order valence-electron chi connectivity index (χ4n) is 3.60. The number of nitrogens with zero attached hydrogens (tertiary/aromatic N) is 3. The Morgan fingerprint density at radius 1 is 1.07 bits per heavy atom. The lowest BCUT2D eigenvalue weighted by molar-refractivity contribution is 0.0997. The summed E-state index contributed by atoms with van der Waals surface area (Å²) in [6.45, 7) is 11.3. The molecule has 6 nitrogen and oxygen atoms in total. The summed E-state index contributed by atoms with van der Waals surface area (Å²) in [4.78, 5) is 18.0. The molecule has 0 aliphatic carbocycles. The summed E-state index contributed by atoms with van der Waals surface area (Å²) in [7, 11) is -3.55. The predicted octanol–water partition coefficient (Wildman–Crippen LogP) is 4.11. The minimum Gasteiger partial charge on any atom is -0.316 e. The lowest BCUT2D eigenvalue weighted by atomic mass is 10.1. The number of carbonyl (C=O) groups is 1. The SMILES string of the molecule is CCN(CC)S(=O)(=O)c1ccc(C(=O)N=c2sc3cc(C)cc(C)c3n2CC)cc1. The van der Waals surface area contributed by atoms with E-state index in [1.54, 1.807) is 13.8 Å². The Morgan fingerprint density at radius 3 is 2.27 bits per heavy atom. The first-order valence-corrected chi connectivity index (χ1v) is 12.3. The van der Waals surface area contributed by atoms with Crippen molar-refractivity contribution >= 4 is 37.5 Å². The van der Waals surface area contributed by atoms with Gasteiger partial charge in [0, 0.05) is 25.2 Å². The summed E-state index contributed by atoms with van der Waals surface area (Å²) >= 11 is 1.49. The number of carbonyl (C=O) groups excluding carboxylic acids is 1. The molecular weight excluding hydrogens is 418 g/mol. The smallest absolute Gasteiger partial charge is 0.279 e. The van der Waals surface area contributed by atoms with Crippen molar-refractivity contribution < 1.29 is 13.2 Å². The van der Waals surface area contributed by atoms with Gasteiger partial charge in [0.15, 0.2) is 4.80 Å². The largest absolute Gasteiger partial charge is 0.316 e. The number of sulfonamides is 1. The maximum Gasteiger partial charge on any atom is 0.279 e. The van der Waals surface area contributed by atoms with Crippen LogP contribution in [0.3, 0.4) is 0 Å². The van der Waals surface area contributed by atoms with Crippen LogP contribution in [-0.2, 0) is 16.6 Å². The number of aryl methyl sites for hydroxylation is 3. The number of fused-ring (bicyclic) bond motifs is 1. The lowest BCUT2D eigenvalue weighted by Crippen LogP contribution is -2.30. The van der Waals surface area contributed by atoms with Crippen LogP contribution >= 0.6 is 11.3 Å². The zero-order chi connectivity index (χ0) is 22.1. The van der Waals surface area contributed by atoms with E-state index in [2.05, 4.69) is 31.0 Å². The number of hydrogen-bond donors (Lipinski definition) is 0. The first-order valence-electron chi connectivity index (χ1n) is 10.0. The van der Waals surface area contributed by atoms with Gasteiger partial charge >= 0.3 is 0 Å². The Hall–Kier alpha value is -2.29. The lowest BCUT2D eigenvalue weighted by Gasteiger charge is -2.18. The van der Waals surface area contributed by atoms with E-state index < -0.39 is 10.0 Å². The van der Waals surface area contributed by atoms with Gasteiger partial charge in [-0.1, -0.05) is 31.3 Å². The Labute approximate surface area is 181 Å². The molecule has 0 atom stereocenters. The van der Waals surface area contributed by atoms with Crippen LogP contribution in [0, 0.1) is 13.8 Å². The van der Waals surface area contributed by atoms with E-state index in [9.17, 15) is 13.2 Å². The highest BCUT2D eigenvalue weighted by Gasteiger charge is 2.21. The third-order valence-corrected chi connectivity index (χ3v) is 8.16. The molecule has 160 valence electrons. The Bertz CT molecular complexity index is 1250. The number of hydrogen-bond acceptors (Lipinski definition) is 4. The molecule has 0 unspecified atom stereocenters. The van der Waals surface area contributed by atoms with E-state index in [1.165, 1.54) is 45.5 Å². The molecule has 3 aromatic rings. The second-order valence-electron chi connectivity index (χ2n) is 7.09. The van der Waals surface area contributed by atoms with Crippen LogP contribution in [0.15, 0.2) is 46.3 Å². The van der Waals surface area contributed by atoms with Crippen molar-refractivity contribution in [1.29, 1.82) is 0 Å². The van der Waals surface area contributed by atoms with Crippen molar-refractivity contribution in [3.05, 3.63) is 57.9 Å². The molecule has 30 heavy (non-hydrogen) atoms. The minimum atomic E-state index is -3.55. The second kappa shape index (κ2) is 8.83. The van der Waals surface area contributed by atoms with Crippen molar-refractivity contribution in [3.8, 4) is 0 Å². The third-order valence-electron chi connectivity index (χ3n) is 5.07. The van der Waals surface area contributed by atoms with E-state index in [-0.39, 0.29) is 10.8 Å². The molecule has 0 fully saturated rings. The van der Waals surface area contributed by atoms with E-state index in [4.69, 9.17) is 0 Å². The molecule has 0 radical (unpaired) electrons. The van der Waals surface area contributed by atoms with Crippen molar-refractivity contribution in [3.63, 3.8) is 0 Å². The van der Waals surface area contributed by atoms with E-state index in [0.29, 0.717) is 30.0 Å². The molecule has 8 heteroatoms. The highest BCUT2D eigenvalue weighted by atomic mass is 32.2. The first-order chi connectivity index (χ1) is 14.2. The topological polar surface area (TPSA) is 71.7 Å². The van der Waals surface area contributed by atoms with Gasteiger partial charge in [-0.05, 0) is 62.2 Å². The maximum absolute atomic E-state index is 12.8. The zero-order valence-electron chi connectivity index (χ0n) is 18.0. The van der Waals surface area contributed by atoms with Crippen LogP contribution in [-0.4, -0.2) is 36.3 Å². The fraction of sp³-hybridized carbons (Fsp3) is 0.364. The Balaban J connectivity index is 2.00. The predicted molar refractivity (Wildman–Crippen MR) is 121 cm³/mol. The van der Waals surface area contributed by atoms with Gasteiger partial charge in [-0.2, -0.15) is 9.30 Å². The summed E-state index contributed by atoms with van der Waals surface area (Å²) in [6, 6.07) is 10.2. The molecule has 0 spiro atoms. The zero-order valence-corrected chi connectivity index (χ0v) is 19.6. The monoisotopic (exact) mass is 445 g/mol. The number of amides is 1. The Kier molecular flexibility index (Phi) is 6.59. The number of aromatic nitrogens is 1. The molecule has 1 aromatic heterocycles. The van der Waals surface area contributed by atoms with Gasteiger partial charge in [0.1, 0.15) is 0 Å². The van der Waals surface area contributed by atoms with Crippen molar-refractivity contribution in [2.45, 2.75) is 46.1 Å². The standard InChI is InChI=1S/C22H27N3O3S2/c1-6-24(7-2)30(27,28)18-11-9-17(10-12-18)21(26)23-22-25(8-3)20-16(5)13-15(4)14-19(20)29-22/h9-14H,6-8H2,1-5H3. The van der Waals surface area contributed by atoms with Gasteiger partial charge in [0.2, 0.25) is 10.0 Å². The van der Waals surface area contributed by atoms with Crippen LogP contribution in [0.2, 0.25) is 0 Å². The van der Waals surface area contributed by atoms with Gasteiger partial charge in [-0.25, -0.2) is 8.42 Å². The van der Waals surface area contributed by atoms with E-state index >= 15 is 0 Å². The molecule has 3 rings (SSSR count). The van der Waals surface area contributed by atoms with E-state index in [1.807, 2.05) is 11.5 Å². The van der Waals surface area contributed by atoms with Crippen molar-refractivity contribution in [2.24, 2.45) is 4.99 Å². The average Bonchev–Trinajstić information content (AvgIpc) is 3.05. The molecule has 0 saturated carbocycles. The summed E-state index contributed by atoms with van der Waals surface area (Å²) in [6.07, 6.45) is 0. The van der Waals surface area contributed by atoms with Crippen LogP contribution in [0.25, 0.3) is 10.2 Å². The van der Waals surface area contributed by atoms with Crippen molar-refractivity contribution in [1.82, 2.24) is 8.87 Å². The van der Waals surface area contributed by atoms with Gasteiger partial charge in [0.05, 0.1) is 15.1 Å². The second-order valence-corrected chi connectivity index (χ2v) is 10.0. The van der Waals surface area contributed by atoms with Gasteiger partial charge in [-0.3, -0.25) is 4.79 Å². The molecule has 0 saturated heterocycles. The van der Waals surface area contributed by atoms with Gasteiger partial charge < -0.3 is 4.57 Å². The number of benzene rings is 2. The van der Waals surface area contributed by atoms with Crippen molar-refractivity contribution in [2.75, 3.05) is 13.1 Å². The molecule has 0 N–H and O–H groups in total. The summed E-state index contributed by atoms with van der Waals surface area (Å²) in [5.41, 5.74) is 3.79. The molecule has 1 heterocycles. The molecule has 2 aromatic carbocycles. The molecule has 1 amide bonds.